The lowest BCUT2D eigenvalue weighted by Gasteiger charge is -2.26. The van der Waals surface area contributed by atoms with Crippen LogP contribution in [0.3, 0.4) is 0 Å². The van der Waals surface area contributed by atoms with Crippen LogP contribution in [0.4, 0.5) is 0 Å². The molecular weight excluding hydrogens is 564 g/mol. The molecule has 0 spiro atoms. The second-order valence-corrected chi connectivity index (χ2v) is 12.3. The van der Waals surface area contributed by atoms with E-state index in [9.17, 15) is 0 Å². The van der Waals surface area contributed by atoms with E-state index in [0.29, 0.717) is 0 Å². The average molecular weight is 623 g/mol. The number of nitrogens with zero attached hydrogens (tertiary/aromatic N) is 2. The van der Waals surface area contributed by atoms with Crippen molar-refractivity contribution in [1.82, 2.24) is 0 Å². The Balaban J connectivity index is 0. The lowest BCUT2D eigenvalue weighted by Crippen LogP contribution is -3.00. The molecule has 1 aromatic rings. The van der Waals surface area contributed by atoms with Crippen LogP contribution in [-0.2, 0) is 13.1 Å². The van der Waals surface area contributed by atoms with E-state index < -0.39 is 0 Å². The highest BCUT2D eigenvalue weighted by Crippen LogP contribution is 2.22. The maximum Gasteiger partial charge on any atom is 0.120 e. The van der Waals surface area contributed by atoms with Crippen molar-refractivity contribution in [1.29, 1.82) is 0 Å². The van der Waals surface area contributed by atoms with Crippen molar-refractivity contribution in [2.24, 2.45) is 0 Å². The topological polar surface area (TPSA) is 9.23 Å². The Labute approximate surface area is 240 Å². The summed E-state index contributed by atoms with van der Waals surface area (Å²) in [7, 11) is 13.5. The Hall–Kier alpha value is -0.100. The molecule has 0 unspecified atom stereocenters. The lowest BCUT2D eigenvalue weighted by molar-refractivity contribution is -0.884. The van der Waals surface area contributed by atoms with Gasteiger partial charge in [-0.15, -0.1) is 0 Å². The zero-order valence-electron chi connectivity index (χ0n) is 24.3. The molecule has 0 aliphatic carbocycles. The van der Waals surface area contributed by atoms with E-state index in [1.165, 1.54) is 101 Å². The molecule has 5 heteroatoms. The Morgan fingerprint density at radius 1 is 0.514 bits per heavy atom. The van der Waals surface area contributed by atoms with E-state index in [1.807, 2.05) is 0 Å². The number of benzene rings is 1. The fraction of sp³-hybridized carbons (Fsp3) is 0.800. The molecule has 0 aromatic heterocycles. The fourth-order valence-electron chi connectivity index (χ4n) is 4.58. The van der Waals surface area contributed by atoms with E-state index in [1.54, 1.807) is 0 Å². The molecule has 0 N–H and O–H groups in total. The van der Waals surface area contributed by atoms with Crippen LogP contribution in [0.1, 0.15) is 108 Å². The van der Waals surface area contributed by atoms with Crippen LogP contribution in [-0.4, -0.2) is 57.9 Å². The molecule has 0 atom stereocenters. The number of ether oxygens (including phenoxy) is 1. The van der Waals surface area contributed by atoms with Crippen LogP contribution in [0.5, 0.6) is 5.75 Å². The standard InChI is InChI=1S/C30H58N2O.2BrH/c1-8-9-10-11-12-13-14-15-16-17-18-19-20-21-22-33-30-24-28(26-31(2,3)4)23-29(25-30)27-32(5,6)7;;/h23-25H,8-22,26-27H2,1-7H3;2*1H/q+2;;/p-2. The van der Waals surface area contributed by atoms with Crippen molar-refractivity contribution >= 4 is 0 Å². The van der Waals surface area contributed by atoms with Crippen molar-refractivity contribution < 1.29 is 47.7 Å². The number of hydrogen-bond acceptors (Lipinski definition) is 1. The van der Waals surface area contributed by atoms with E-state index in [0.717, 1.165) is 34.4 Å². The minimum Gasteiger partial charge on any atom is -1.00 e. The highest BCUT2D eigenvalue weighted by atomic mass is 79.9. The quantitative estimate of drug-likeness (QED) is 0.160. The van der Waals surface area contributed by atoms with Gasteiger partial charge in [0.05, 0.1) is 48.9 Å². The van der Waals surface area contributed by atoms with Crippen LogP contribution in [0.15, 0.2) is 18.2 Å². The van der Waals surface area contributed by atoms with Gasteiger partial charge in [-0.25, -0.2) is 0 Å². The number of hydrogen-bond donors (Lipinski definition) is 0. The minimum absolute atomic E-state index is 0. The van der Waals surface area contributed by atoms with Gasteiger partial charge in [-0.3, -0.25) is 0 Å². The largest absolute Gasteiger partial charge is 1.00 e. The molecule has 1 aromatic carbocycles. The Morgan fingerprint density at radius 2 is 0.857 bits per heavy atom. The Bertz CT molecular complexity index is 590. The van der Waals surface area contributed by atoms with Crippen molar-refractivity contribution in [2.75, 3.05) is 48.9 Å². The van der Waals surface area contributed by atoms with Gasteiger partial charge >= 0.3 is 0 Å². The predicted molar refractivity (Wildman–Crippen MR) is 146 cm³/mol. The van der Waals surface area contributed by atoms with E-state index in [-0.39, 0.29) is 34.0 Å². The zero-order valence-corrected chi connectivity index (χ0v) is 27.5. The molecular formula is C30H58Br2N2O. The summed E-state index contributed by atoms with van der Waals surface area (Å²) in [5.41, 5.74) is 2.76. The molecule has 0 bridgehead atoms. The van der Waals surface area contributed by atoms with Crippen LogP contribution >= 0.6 is 0 Å². The second-order valence-electron chi connectivity index (χ2n) is 12.3. The Kier molecular flexibility index (Phi) is 22.1. The minimum atomic E-state index is 0. The number of halogens is 2. The van der Waals surface area contributed by atoms with Crippen molar-refractivity contribution in [3.63, 3.8) is 0 Å². The Morgan fingerprint density at radius 3 is 1.20 bits per heavy atom. The van der Waals surface area contributed by atoms with Gasteiger partial charge in [-0.05, 0) is 24.6 Å². The maximum absolute atomic E-state index is 6.21. The molecule has 0 amide bonds. The monoisotopic (exact) mass is 620 g/mol. The second kappa shape index (κ2) is 20.9. The SMILES string of the molecule is CCCCCCCCCCCCCCCCOc1cc(C[N+](C)(C)C)cc(C[N+](C)(C)C)c1.[Br-].[Br-]. The summed E-state index contributed by atoms with van der Waals surface area (Å²) in [6.07, 6.45) is 19.5. The summed E-state index contributed by atoms with van der Waals surface area (Å²) >= 11 is 0. The molecule has 1 rings (SSSR count). The van der Waals surface area contributed by atoms with Gasteiger partial charge in [0.2, 0.25) is 0 Å². The van der Waals surface area contributed by atoms with E-state index in [2.05, 4.69) is 67.4 Å². The first-order valence-electron chi connectivity index (χ1n) is 14.0. The third-order valence-electron chi connectivity index (χ3n) is 6.11. The molecule has 3 nitrogen and oxygen atoms in total. The highest BCUT2D eigenvalue weighted by molar-refractivity contribution is 5.34. The van der Waals surface area contributed by atoms with Crippen LogP contribution in [0.2, 0.25) is 0 Å². The molecule has 0 heterocycles. The first kappa shape index (κ1) is 37.1. The normalized spacial score (nSPS) is 11.6. The van der Waals surface area contributed by atoms with Crippen molar-refractivity contribution in [3.05, 3.63) is 29.3 Å². The van der Waals surface area contributed by atoms with Crippen LogP contribution < -0.4 is 38.7 Å². The van der Waals surface area contributed by atoms with Crippen LogP contribution in [0.25, 0.3) is 0 Å². The number of unbranched alkanes of at least 4 members (excludes halogenated alkanes) is 13. The van der Waals surface area contributed by atoms with Gasteiger partial charge in [0, 0.05) is 11.1 Å². The molecule has 0 saturated heterocycles. The van der Waals surface area contributed by atoms with Crippen molar-refractivity contribution in [2.45, 2.75) is 110 Å². The van der Waals surface area contributed by atoms with Gasteiger partial charge in [-0.2, -0.15) is 0 Å². The predicted octanol–water partition coefficient (Wildman–Crippen LogP) is 1.97. The van der Waals surface area contributed by atoms with E-state index in [4.69, 9.17) is 4.74 Å². The molecule has 0 saturated carbocycles. The smallest absolute Gasteiger partial charge is 0.120 e. The van der Waals surface area contributed by atoms with Gasteiger partial charge in [0.25, 0.3) is 0 Å². The highest BCUT2D eigenvalue weighted by Gasteiger charge is 2.15. The van der Waals surface area contributed by atoms with E-state index >= 15 is 0 Å². The first-order chi connectivity index (χ1) is 15.6. The molecule has 35 heavy (non-hydrogen) atoms. The lowest BCUT2D eigenvalue weighted by atomic mass is 10.0. The number of quaternary nitrogens is 2. The molecule has 0 aliphatic rings. The van der Waals surface area contributed by atoms with Crippen LogP contribution in [0, 0.1) is 0 Å². The average Bonchev–Trinajstić information content (AvgIpc) is 2.68. The molecule has 0 radical (unpaired) electrons. The summed E-state index contributed by atoms with van der Waals surface area (Å²) in [5, 5.41) is 0. The molecule has 0 fully saturated rings. The van der Waals surface area contributed by atoms with Gasteiger partial charge in [-0.1, -0.05) is 90.4 Å². The summed E-state index contributed by atoms with van der Waals surface area (Å²) in [6, 6.07) is 6.88. The summed E-state index contributed by atoms with van der Waals surface area (Å²) in [4.78, 5) is 0. The fourth-order valence-corrected chi connectivity index (χ4v) is 4.58. The summed E-state index contributed by atoms with van der Waals surface area (Å²) in [6.45, 7) is 5.19. The third kappa shape index (κ3) is 22.8. The zero-order chi connectivity index (χ0) is 24.6. The third-order valence-corrected chi connectivity index (χ3v) is 6.11. The number of rotatable bonds is 20. The first-order valence-corrected chi connectivity index (χ1v) is 14.0. The molecule has 0 aliphatic heterocycles. The summed E-state index contributed by atoms with van der Waals surface area (Å²) < 4.78 is 8.08. The van der Waals surface area contributed by atoms with Crippen molar-refractivity contribution in [3.8, 4) is 5.75 Å². The molecule has 208 valence electrons. The van der Waals surface area contributed by atoms with Gasteiger partial charge < -0.3 is 47.7 Å². The maximum atomic E-state index is 6.21. The van der Waals surface area contributed by atoms with Gasteiger partial charge in [0.1, 0.15) is 18.8 Å². The van der Waals surface area contributed by atoms with Gasteiger partial charge in [0.15, 0.2) is 0 Å². The summed E-state index contributed by atoms with van der Waals surface area (Å²) in [5.74, 6) is 1.05.